The van der Waals surface area contributed by atoms with Crippen LogP contribution in [-0.4, -0.2) is 0 Å². The van der Waals surface area contributed by atoms with Crippen LogP contribution in [0.5, 0.6) is 11.5 Å². The van der Waals surface area contributed by atoms with Crippen LogP contribution in [0, 0.1) is 0 Å². The number of para-hydroxylation sites is 3. The summed E-state index contributed by atoms with van der Waals surface area (Å²) in [4.78, 5) is 2.51. The predicted molar refractivity (Wildman–Crippen MR) is 323 cm³/mol. The molecule has 0 radical (unpaired) electrons. The largest absolute Gasteiger partial charge is 0.454 e. The molecule has 2 nitrogen and oxygen atoms in total. The predicted octanol–water partition coefficient (Wildman–Crippen LogP) is 19.9. The van der Waals surface area contributed by atoms with Crippen molar-refractivity contribution >= 4 is 17.1 Å². The van der Waals surface area contributed by atoms with Crippen molar-refractivity contribution in [2.24, 2.45) is 0 Å². The molecule has 0 N–H and O–H groups in total. The zero-order chi connectivity index (χ0) is 52.7. The van der Waals surface area contributed by atoms with E-state index in [0.29, 0.717) is 0 Å². The Morgan fingerprint density at radius 2 is 0.705 bits per heavy atom. The first-order valence-corrected chi connectivity index (χ1v) is 27.7. The Labute approximate surface area is 459 Å². The molecule has 2 heteroatoms. The molecule has 0 amide bonds. The van der Waals surface area contributed by atoms with Gasteiger partial charge in [-0.15, -0.1) is 0 Å². The summed E-state index contributed by atoms with van der Waals surface area (Å²) < 4.78 is 7.64. The Kier molecular flexibility index (Phi) is 9.95. The van der Waals surface area contributed by atoms with Crippen molar-refractivity contribution < 1.29 is 4.74 Å². The third kappa shape index (κ3) is 6.44. The molecular formula is C76H59NO. The maximum Gasteiger partial charge on any atom is 0.156 e. The van der Waals surface area contributed by atoms with Crippen LogP contribution in [0.3, 0.4) is 0 Å². The lowest BCUT2D eigenvalue weighted by Crippen LogP contribution is -2.33. The fraction of sp³-hybridized carbons (Fsp3) is 0.132. The molecule has 374 valence electrons. The summed E-state index contributed by atoms with van der Waals surface area (Å²) in [5.74, 6) is 1.72. The van der Waals surface area contributed by atoms with Crippen LogP contribution >= 0.6 is 0 Å². The number of ether oxygens (including phenoxy) is 1. The van der Waals surface area contributed by atoms with E-state index >= 15 is 0 Å². The van der Waals surface area contributed by atoms with Gasteiger partial charge in [0.25, 0.3) is 0 Å². The van der Waals surface area contributed by atoms with E-state index in [-0.39, 0.29) is 10.8 Å². The van der Waals surface area contributed by atoms with Crippen molar-refractivity contribution in [3.05, 3.63) is 304 Å². The van der Waals surface area contributed by atoms with E-state index in [1.54, 1.807) is 0 Å². The molecule has 15 rings (SSSR count). The average molecular weight is 1000 g/mol. The van der Waals surface area contributed by atoms with Gasteiger partial charge in [0, 0.05) is 22.4 Å². The maximum atomic E-state index is 7.64. The lowest BCUT2D eigenvalue weighted by atomic mass is 9.64. The van der Waals surface area contributed by atoms with Gasteiger partial charge in [0.1, 0.15) is 5.75 Å². The lowest BCUT2D eigenvalue weighted by molar-refractivity contribution is 0.437. The summed E-state index contributed by atoms with van der Waals surface area (Å²) >= 11 is 0. The summed E-state index contributed by atoms with van der Waals surface area (Å²) in [7, 11) is 0. The quantitative estimate of drug-likeness (QED) is 0.170. The van der Waals surface area contributed by atoms with Gasteiger partial charge in [0.05, 0.1) is 22.2 Å². The van der Waals surface area contributed by atoms with Gasteiger partial charge in [0.15, 0.2) is 5.75 Å². The molecule has 11 aromatic carbocycles. The fourth-order valence-electron chi connectivity index (χ4n) is 14.1. The topological polar surface area (TPSA) is 12.5 Å². The second kappa shape index (κ2) is 16.8. The third-order valence-corrected chi connectivity index (χ3v) is 17.7. The van der Waals surface area contributed by atoms with Crippen molar-refractivity contribution in [1.82, 2.24) is 0 Å². The third-order valence-electron chi connectivity index (χ3n) is 17.7. The molecular weight excluding hydrogens is 943 g/mol. The summed E-state index contributed by atoms with van der Waals surface area (Å²) in [6.07, 6.45) is 0. The van der Waals surface area contributed by atoms with Gasteiger partial charge in [-0.1, -0.05) is 260 Å². The minimum absolute atomic E-state index is 0.0817. The lowest BCUT2D eigenvalue weighted by Gasteiger charge is -2.42. The first kappa shape index (κ1) is 46.3. The highest BCUT2D eigenvalue weighted by Crippen LogP contribution is 2.67. The van der Waals surface area contributed by atoms with Crippen molar-refractivity contribution in [2.75, 3.05) is 4.90 Å². The van der Waals surface area contributed by atoms with Crippen LogP contribution < -0.4 is 9.64 Å². The summed E-state index contributed by atoms with van der Waals surface area (Å²) in [6.45, 7) is 14.0. The highest BCUT2D eigenvalue weighted by Gasteiger charge is 2.54. The molecule has 0 aromatic heterocycles. The van der Waals surface area contributed by atoms with Gasteiger partial charge in [0.2, 0.25) is 0 Å². The molecule has 0 saturated carbocycles. The molecule has 0 fully saturated rings. The van der Waals surface area contributed by atoms with Crippen LogP contribution in [0.4, 0.5) is 17.1 Å². The van der Waals surface area contributed by atoms with Crippen LogP contribution in [0.2, 0.25) is 0 Å². The van der Waals surface area contributed by atoms with Crippen LogP contribution in [0.15, 0.2) is 249 Å². The van der Waals surface area contributed by atoms with Crippen molar-refractivity contribution in [3.8, 4) is 67.1 Å². The Morgan fingerprint density at radius 3 is 1.28 bits per heavy atom. The second-order valence-corrected chi connectivity index (χ2v) is 23.9. The van der Waals surface area contributed by atoms with E-state index in [2.05, 4.69) is 295 Å². The first-order valence-electron chi connectivity index (χ1n) is 27.7. The van der Waals surface area contributed by atoms with Crippen LogP contribution in [0.25, 0.3) is 55.6 Å². The molecule has 1 heterocycles. The number of anilines is 3. The van der Waals surface area contributed by atoms with E-state index < -0.39 is 10.8 Å². The Bertz CT molecular complexity index is 4130. The van der Waals surface area contributed by atoms with E-state index in [0.717, 1.165) is 50.8 Å². The monoisotopic (exact) mass is 1000 g/mol. The Hall–Kier alpha value is -8.98. The van der Waals surface area contributed by atoms with E-state index in [1.807, 2.05) is 0 Å². The average Bonchev–Trinajstić information content (AvgIpc) is 1.93. The minimum Gasteiger partial charge on any atom is -0.454 e. The number of fused-ring (bicyclic) bond motifs is 19. The molecule has 1 aliphatic heterocycles. The molecule has 4 aliphatic rings. The van der Waals surface area contributed by atoms with Crippen molar-refractivity contribution in [2.45, 2.75) is 63.2 Å². The molecule has 11 aromatic rings. The van der Waals surface area contributed by atoms with Gasteiger partial charge in [-0.2, -0.15) is 0 Å². The van der Waals surface area contributed by atoms with E-state index in [9.17, 15) is 0 Å². The number of hydrogen-bond donors (Lipinski definition) is 0. The molecule has 2 spiro atoms. The smallest absolute Gasteiger partial charge is 0.156 e. The van der Waals surface area contributed by atoms with E-state index in [4.69, 9.17) is 4.74 Å². The molecule has 0 unspecified atom stereocenters. The number of hydrogen-bond acceptors (Lipinski definition) is 2. The van der Waals surface area contributed by atoms with Gasteiger partial charge < -0.3 is 9.64 Å². The zero-order valence-electron chi connectivity index (χ0n) is 45.0. The first-order chi connectivity index (χ1) is 38.0. The number of benzene rings is 11. The van der Waals surface area contributed by atoms with E-state index in [1.165, 1.54) is 89.0 Å². The molecule has 0 bridgehead atoms. The van der Waals surface area contributed by atoms with Gasteiger partial charge in [-0.05, 0) is 136 Å². The number of rotatable bonds is 5. The standard InChI is InChI=1S/C76H59NO/c1-73(2,3)51-39-42-58-59-43-40-52(74(4,5)6)46-67(59)76(66(58)45-51)64-30-17-19-34-71(64)78-72-65(76)31-20-33-70(72)77(69-32-18-13-23-54(69)50-37-35-49(36-38-50)48-21-8-7-9-22-48)53-41-44-60-57-26-12-16-29-63(57)75(68(60)47-53)61-27-14-10-24-55(61)56-25-11-15-28-62(56)75/h7-47H,1-6H3. The normalized spacial score (nSPS) is 14.3. The van der Waals surface area contributed by atoms with Gasteiger partial charge in [-0.25, -0.2) is 0 Å². The van der Waals surface area contributed by atoms with Gasteiger partial charge in [-0.3, -0.25) is 0 Å². The molecule has 0 saturated heterocycles. The van der Waals surface area contributed by atoms with Crippen LogP contribution in [0.1, 0.15) is 97.2 Å². The summed E-state index contributed by atoms with van der Waals surface area (Å²) in [6, 6.07) is 93.6. The molecule has 78 heavy (non-hydrogen) atoms. The SMILES string of the molecule is CC(C)(C)c1ccc2c(c1)C1(c3ccccc3Oc3c(N(c4ccc5c(c4)C4(c6ccccc6-c6ccccc64)c4ccccc4-5)c4ccccc4-c4ccc(-c5ccccc5)cc4)cccc31)c1cc(C(C)(C)C)ccc1-2. The summed E-state index contributed by atoms with van der Waals surface area (Å²) in [5.41, 5.74) is 26.7. The molecule has 3 aliphatic carbocycles. The highest BCUT2D eigenvalue weighted by atomic mass is 16.5. The van der Waals surface area contributed by atoms with Crippen molar-refractivity contribution in [1.29, 1.82) is 0 Å². The Balaban J connectivity index is 1.03. The fourth-order valence-corrected chi connectivity index (χ4v) is 14.1. The maximum absolute atomic E-state index is 7.64. The number of nitrogens with zero attached hydrogens (tertiary/aromatic N) is 1. The summed E-state index contributed by atoms with van der Waals surface area (Å²) in [5, 5.41) is 0. The van der Waals surface area contributed by atoms with Crippen molar-refractivity contribution in [3.63, 3.8) is 0 Å². The minimum atomic E-state index is -0.702. The highest BCUT2D eigenvalue weighted by molar-refractivity contribution is 5.99. The molecule has 0 atom stereocenters. The Morgan fingerprint density at radius 1 is 0.295 bits per heavy atom. The van der Waals surface area contributed by atoms with Gasteiger partial charge >= 0.3 is 0 Å². The second-order valence-electron chi connectivity index (χ2n) is 23.9. The van der Waals surface area contributed by atoms with Crippen LogP contribution in [-0.2, 0) is 21.7 Å². The zero-order valence-corrected chi connectivity index (χ0v) is 45.0.